The maximum Gasteiger partial charge on any atom is 0.342 e. The van der Waals surface area contributed by atoms with Crippen molar-refractivity contribution in [2.75, 3.05) is 12.8 Å². The molecule has 0 atom stereocenters. The molecule has 0 saturated carbocycles. The Morgan fingerprint density at radius 2 is 1.59 bits per heavy atom. The fourth-order valence-electron chi connectivity index (χ4n) is 2.05. The summed E-state index contributed by atoms with van der Waals surface area (Å²) in [6.07, 6.45) is 0. The lowest BCUT2D eigenvalue weighted by molar-refractivity contribution is 0.00666. The monoisotopic (exact) mass is 299 g/mol. The van der Waals surface area contributed by atoms with Gasteiger partial charge in [-0.2, -0.15) is 0 Å². The van der Waals surface area contributed by atoms with Crippen LogP contribution in [0, 0.1) is 0 Å². The van der Waals surface area contributed by atoms with E-state index in [1.165, 1.54) is 7.11 Å². The number of anilines is 1. The molecule has 2 aromatic rings. The lowest BCUT2D eigenvalue weighted by Crippen LogP contribution is -2.24. The molecule has 2 N–H and O–H groups in total. The van der Waals surface area contributed by atoms with Crippen LogP contribution >= 0.6 is 0 Å². The Kier molecular flexibility index (Phi) is 4.40. The average Bonchev–Trinajstić information content (AvgIpc) is 2.45. The molecule has 2 aromatic carbocycles. The second kappa shape index (κ2) is 6.10. The van der Waals surface area contributed by atoms with Crippen molar-refractivity contribution in [3.05, 3.63) is 48.0 Å². The van der Waals surface area contributed by atoms with Gasteiger partial charge >= 0.3 is 5.97 Å². The first kappa shape index (κ1) is 15.9. The first-order valence-electron chi connectivity index (χ1n) is 7.07. The van der Waals surface area contributed by atoms with Crippen molar-refractivity contribution in [3.63, 3.8) is 0 Å². The first-order chi connectivity index (χ1) is 10.3. The number of hydrogen-bond acceptors (Lipinski definition) is 4. The summed E-state index contributed by atoms with van der Waals surface area (Å²) in [6, 6.07) is 12.9. The summed E-state index contributed by atoms with van der Waals surface area (Å²) in [5.41, 5.74) is 8.23. The van der Waals surface area contributed by atoms with E-state index < -0.39 is 11.6 Å². The molecule has 4 nitrogen and oxygen atoms in total. The van der Waals surface area contributed by atoms with Gasteiger partial charge in [-0.15, -0.1) is 0 Å². The van der Waals surface area contributed by atoms with Crippen molar-refractivity contribution in [3.8, 4) is 16.9 Å². The van der Waals surface area contributed by atoms with E-state index in [0.717, 1.165) is 11.1 Å². The Labute approximate surface area is 130 Å². The number of nitrogens with two attached hydrogens (primary N) is 1. The number of benzene rings is 2. The fourth-order valence-corrected chi connectivity index (χ4v) is 2.05. The summed E-state index contributed by atoms with van der Waals surface area (Å²) < 4.78 is 10.7. The third-order valence-corrected chi connectivity index (χ3v) is 3.06. The second-order valence-electron chi connectivity index (χ2n) is 6.04. The first-order valence-corrected chi connectivity index (χ1v) is 7.07. The van der Waals surface area contributed by atoms with Crippen molar-refractivity contribution >= 4 is 11.7 Å². The number of hydrogen-bond donors (Lipinski definition) is 1. The molecule has 22 heavy (non-hydrogen) atoms. The maximum atomic E-state index is 12.2. The highest BCUT2D eigenvalue weighted by Gasteiger charge is 2.21. The summed E-state index contributed by atoms with van der Waals surface area (Å²) in [5.74, 6) is 0.0942. The van der Waals surface area contributed by atoms with Gasteiger partial charge in [-0.3, -0.25) is 0 Å². The molecule has 116 valence electrons. The van der Waals surface area contributed by atoms with Crippen molar-refractivity contribution in [2.45, 2.75) is 26.4 Å². The van der Waals surface area contributed by atoms with Crippen molar-refractivity contribution in [1.82, 2.24) is 0 Å². The van der Waals surface area contributed by atoms with E-state index in [1.807, 2.05) is 57.2 Å². The molecule has 0 fully saturated rings. The van der Waals surface area contributed by atoms with Crippen LogP contribution in [0.5, 0.6) is 5.75 Å². The molecular formula is C18H21NO3. The van der Waals surface area contributed by atoms with Crippen LogP contribution < -0.4 is 10.5 Å². The number of rotatable bonds is 3. The van der Waals surface area contributed by atoms with Crippen LogP contribution in [0.2, 0.25) is 0 Å². The largest absolute Gasteiger partial charge is 0.496 e. The maximum absolute atomic E-state index is 12.2. The zero-order chi connectivity index (χ0) is 16.3. The molecule has 0 amide bonds. The van der Waals surface area contributed by atoms with Crippen molar-refractivity contribution in [1.29, 1.82) is 0 Å². The van der Waals surface area contributed by atoms with Gasteiger partial charge in [-0.1, -0.05) is 18.2 Å². The van der Waals surface area contributed by atoms with Gasteiger partial charge < -0.3 is 15.2 Å². The van der Waals surface area contributed by atoms with E-state index in [9.17, 15) is 4.79 Å². The minimum absolute atomic E-state index is 0.395. The van der Waals surface area contributed by atoms with E-state index in [4.69, 9.17) is 15.2 Å². The highest BCUT2D eigenvalue weighted by molar-refractivity contribution is 5.93. The molecule has 0 bridgehead atoms. The minimum Gasteiger partial charge on any atom is -0.496 e. The second-order valence-corrected chi connectivity index (χ2v) is 6.04. The van der Waals surface area contributed by atoms with Crippen LogP contribution in [0.15, 0.2) is 42.5 Å². The fraction of sp³-hybridized carbons (Fsp3) is 0.278. The number of nitrogen functional groups attached to an aromatic ring is 1. The third kappa shape index (κ3) is 3.79. The highest BCUT2D eigenvalue weighted by Crippen LogP contribution is 2.29. The molecule has 0 unspecified atom stereocenters. The molecule has 0 aliphatic carbocycles. The zero-order valence-corrected chi connectivity index (χ0v) is 13.3. The molecule has 2 rings (SSSR count). The summed E-state index contributed by atoms with van der Waals surface area (Å²) in [5, 5.41) is 0. The van der Waals surface area contributed by atoms with Gasteiger partial charge in [-0.05, 0) is 56.2 Å². The van der Waals surface area contributed by atoms with E-state index in [1.54, 1.807) is 6.07 Å². The number of esters is 1. The molecule has 0 aliphatic rings. The number of carbonyl (C=O) groups excluding carboxylic acids is 1. The quantitative estimate of drug-likeness (QED) is 0.689. The Bertz CT molecular complexity index is 670. The van der Waals surface area contributed by atoms with E-state index >= 15 is 0 Å². The van der Waals surface area contributed by atoms with E-state index in [0.29, 0.717) is 17.0 Å². The predicted molar refractivity (Wildman–Crippen MR) is 88.0 cm³/mol. The topological polar surface area (TPSA) is 61.5 Å². The van der Waals surface area contributed by atoms with Crippen molar-refractivity contribution < 1.29 is 14.3 Å². The van der Waals surface area contributed by atoms with Gasteiger partial charge in [0.1, 0.15) is 16.9 Å². The molecule has 0 aliphatic heterocycles. The van der Waals surface area contributed by atoms with E-state index in [-0.39, 0.29) is 0 Å². The van der Waals surface area contributed by atoms with Gasteiger partial charge in [0, 0.05) is 5.69 Å². The summed E-state index contributed by atoms with van der Waals surface area (Å²) >= 11 is 0. The van der Waals surface area contributed by atoms with Gasteiger partial charge in [0.15, 0.2) is 0 Å². The standard InChI is InChI=1S/C18H21NO3/c1-18(2,3)22-17(20)15-10-7-13(11-16(15)21-4)12-5-8-14(19)9-6-12/h5-11H,19H2,1-4H3. The van der Waals surface area contributed by atoms with Crippen LogP contribution in [0.4, 0.5) is 5.69 Å². The Morgan fingerprint density at radius 3 is 2.14 bits per heavy atom. The number of methoxy groups -OCH3 is 1. The number of ether oxygens (including phenoxy) is 2. The van der Waals surface area contributed by atoms with Crippen LogP contribution in [0.1, 0.15) is 31.1 Å². The Morgan fingerprint density at radius 1 is 1.00 bits per heavy atom. The molecule has 0 saturated heterocycles. The van der Waals surface area contributed by atoms with Crippen LogP contribution in [0.3, 0.4) is 0 Å². The molecule has 0 spiro atoms. The number of carbonyl (C=O) groups is 1. The third-order valence-electron chi connectivity index (χ3n) is 3.06. The average molecular weight is 299 g/mol. The van der Waals surface area contributed by atoms with Crippen LogP contribution in [-0.2, 0) is 4.74 Å². The van der Waals surface area contributed by atoms with Crippen LogP contribution in [0.25, 0.3) is 11.1 Å². The Balaban J connectivity index is 2.35. The minimum atomic E-state index is -0.544. The van der Waals surface area contributed by atoms with Gasteiger partial charge in [0.2, 0.25) is 0 Å². The zero-order valence-electron chi connectivity index (χ0n) is 13.3. The molecule has 0 radical (unpaired) electrons. The predicted octanol–water partition coefficient (Wildman–Crippen LogP) is 3.90. The van der Waals surface area contributed by atoms with Gasteiger partial charge in [0.05, 0.1) is 7.11 Å². The smallest absolute Gasteiger partial charge is 0.342 e. The highest BCUT2D eigenvalue weighted by atomic mass is 16.6. The summed E-state index contributed by atoms with van der Waals surface area (Å²) in [4.78, 5) is 12.2. The normalized spacial score (nSPS) is 11.1. The SMILES string of the molecule is COc1cc(-c2ccc(N)cc2)ccc1C(=O)OC(C)(C)C. The Hall–Kier alpha value is -2.49. The summed E-state index contributed by atoms with van der Waals surface area (Å²) in [7, 11) is 1.54. The lowest BCUT2D eigenvalue weighted by Gasteiger charge is -2.20. The molecule has 0 aromatic heterocycles. The van der Waals surface area contributed by atoms with Crippen molar-refractivity contribution in [2.24, 2.45) is 0 Å². The molecule has 4 heteroatoms. The molecule has 0 heterocycles. The lowest BCUT2D eigenvalue weighted by atomic mass is 10.0. The van der Waals surface area contributed by atoms with Gasteiger partial charge in [-0.25, -0.2) is 4.79 Å². The summed E-state index contributed by atoms with van der Waals surface area (Å²) in [6.45, 7) is 5.50. The van der Waals surface area contributed by atoms with Gasteiger partial charge in [0.25, 0.3) is 0 Å². The molecular weight excluding hydrogens is 278 g/mol. The van der Waals surface area contributed by atoms with Crippen LogP contribution in [-0.4, -0.2) is 18.7 Å². The van der Waals surface area contributed by atoms with E-state index in [2.05, 4.69) is 0 Å².